The molecule has 15 heavy (non-hydrogen) atoms. The maximum atomic E-state index is 4.05. The predicted octanol–water partition coefficient (Wildman–Crippen LogP) is 4.57. The first-order chi connectivity index (χ1) is 6.64. The zero-order valence-electron chi connectivity index (χ0n) is 11.3. The second-order valence-corrected chi connectivity index (χ2v) is 13.5. The SMILES string of the molecule is C=CS(C)(C)CC(C)(C)S(C)(C=C)CC. The van der Waals surface area contributed by atoms with Crippen LogP contribution in [0.5, 0.6) is 0 Å². The Hall–Kier alpha value is 0.180. The summed E-state index contributed by atoms with van der Waals surface area (Å²) in [5.41, 5.74) is 0. The average molecular weight is 249 g/mol. The first-order valence-corrected chi connectivity index (χ1v) is 10.3. The molecule has 0 saturated carbocycles. The summed E-state index contributed by atoms with van der Waals surface area (Å²) in [6, 6.07) is 0. The van der Waals surface area contributed by atoms with Crippen LogP contribution in [-0.4, -0.2) is 35.0 Å². The highest BCUT2D eigenvalue weighted by atomic mass is 32.3. The van der Waals surface area contributed by atoms with E-state index >= 15 is 0 Å². The Kier molecular flexibility index (Phi) is 5.07. The van der Waals surface area contributed by atoms with Gasteiger partial charge in [-0.2, -0.15) is 0 Å². The largest absolute Gasteiger partial charge is 0.226 e. The fourth-order valence-electron chi connectivity index (χ4n) is 1.82. The molecule has 0 rings (SSSR count). The Labute approximate surface area is 99.9 Å². The third-order valence-electron chi connectivity index (χ3n) is 3.40. The van der Waals surface area contributed by atoms with Crippen molar-refractivity contribution in [2.24, 2.45) is 0 Å². The Morgan fingerprint density at radius 2 is 1.53 bits per heavy atom. The minimum atomic E-state index is -0.699. The predicted molar refractivity (Wildman–Crippen MR) is 82.8 cm³/mol. The van der Waals surface area contributed by atoms with E-state index in [0.29, 0.717) is 4.75 Å². The van der Waals surface area contributed by atoms with Gasteiger partial charge in [-0.25, -0.2) is 20.1 Å². The Morgan fingerprint density at radius 3 is 1.80 bits per heavy atom. The summed E-state index contributed by atoms with van der Waals surface area (Å²) in [6.45, 7) is 15.1. The van der Waals surface area contributed by atoms with Crippen molar-refractivity contribution in [3.8, 4) is 0 Å². The minimum absolute atomic E-state index is 0.372. The van der Waals surface area contributed by atoms with Crippen molar-refractivity contribution in [1.29, 1.82) is 0 Å². The third kappa shape index (κ3) is 3.60. The van der Waals surface area contributed by atoms with E-state index < -0.39 is 20.1 Å². The molecule has 1 atom stereocenters. The summed E-state index contributed by atoms with van der Waals surface area (Å²) in [7, 11) is -1.34. The fraction of sp³-hybridized carbons (Fsp3) is 0.692. The summed E-state index contributed by atoms with van der Waals surface area (Å²) in [4.78, 5) is 0. The van der Waals surface area contributed by atoms with Gasteiger partial charge in [0.05, 0.1) is 0 Å². The van der Waals surface area contributed by atoms with Crippen molar-refractivity contribution in [3.05, 3.63) is 24.0 Å². The second kappa shape index (κ2) is 5.01. The van der Waals surface area contributed by atoms with Crippen LogP contribution in [-0.2, 0) is 0 Å². The van der Waals surface area contributed by atoms with Gasteiger partial charge in [0.15, 0.2) is 0 Å². The van der Waals surface area contributed by atoms with Crippen LogP contribution in [0.15, 0.2) is 24.0 Å². The molecule has 0 radical (unpaired) electrons. The van der Waals surface area contributed by atoms with Crippen LogP contribution in [0.2, 0.25) is 0 Å². The van der Waals surface area contributed by atoms with E-state index in [1.54, 1.807) is 0 Å². The molecule has 0 fully saturated rings. The third-order valence-corrected chi connectivity index (χ3v) is 10.6. The van der Waals surface area contributed by atoms with Gasteiger partial charge in [-0.3, -0.25) is 0 Å². The maximum absolute atomic E-state index is 4.05. The van der Waals surface area contributed by atoms with Crippen molar-refractivity contribution < 1.29 is 0 Å². The number of rotatable bonds is 6. The molecule has 0 nitrogen and oxygen atoms in total. The van der Waals surface area contributed by atoms with Crippen LogP contribution >= 0.6 is 20.1 Å². The van der Waals surface area contributed by atoms with Gasteiger partial charge in [0.2, 0.25) is 0 Å². The summed E-state index contributed by atoms with van der Waals surface area (Å²) in [5.74, 6) is 2.49. The van der Waals surface area contributed by atoms with Crippen LogP contribution < -0.4 is 0 Å². The van der Waals surface area contributed by atoms with Gasteiger partial charge in [0.1, 0.15) is 0 Å². The van der Waals surface area contributed by atoms with Crippen molar-refractivity contribution >= 4 is 20.1 Å². The fourth-order valence-corrected chi connectivity index (χ4v) is 7.19. The molecule has 0 aromatic rings. The Bertz CT molecular complexity index is 241. The van der Waals surface area contributed by atoms with Crippen LogP contribution in [0.4, 0.5) is 0 Å². The summed E-state index contributed by atoms with van der Waals surface area (Å²) >= 11 is 0. The smallest absolute Gasteiger partial charge is 0.00549 e. The zero-order valence-corrected chi connectivity index (χ0v) is 12.9. The molecule has 2 heteroatoms. The summed E-state index contributed by atoms with van der Waals surface area (Å²) in [6.07, 6.45) is 7.10. The van der Waals surface area contributed by atoms with E-state index in [-0.39, 0.29) is 0 Å². The monoisotopic (exact) mass is 248 g/mol. The zero-order chi connectivity index (χ0) is 12.3. The molecule has 0 aliphatic carbocycles. The normalized spacial score (nSPS) is 20.1. The topological polar surface area (TPSA) is 0 Å². The van der Waals surface area contributed by atoms with Gasteiger partial charge in [-0.15, -0.1) is 0 Å². The minimum Gasteiger partial charge on any atom is -0.226 e. The van der Waals surface area contributed by atoms with Gasteiger partial charge in [0.25, 0.3) is 0 Å². The van der Waals surface area contributed by atoms with Crippen LogP contribution in [0.25, 0.3) is 0 Å². The summed E-state index contributed by atoms with van der Waals surface area (Å²) in [5, 5.41) is 4.37. The molecule has 0 spiro atoms. The van der Waals surface area contributed by atoms with Gasteiger partial charge in [-0.1, -0.05) is 44.7 Å². The molecule has 0 saturated heterocycles. The van der Waals surface area contributed by atoms with E-state index in [4.69, 9.17) is 0 Å². The molecular formula is C13H28S2. The number of hydrogen-bond donors (Lipinski definition) is 0. The molecule has 0 aliphatic rings. The van der Waals surface area contributed by atoms with Crippen LogP contribution in [0.1, 0.15) is 20.8 Å². The quantitative estimate of drug-likeness (QED) is 0.646. The highest BCUT2D eigenvalue weighted by Gasteiger charge is 2.35. The molecule has 0 aromatic carbocycles. The Balaban J connectivity index is 4.96. The average Bonchev–Trinajstić information content (AvgIpc) is 2.14. The number of hydrogen-bond acceptors (Lipinski definition) is 0. The van der Waals surface area contributed by atoms with E-state index in [9.17, 15) is 0 Å². The summed E-state index contributed by atoms with van der Waals surface area (Å²) < 4.78 is 0.372. The van der Waals surface area contributed by atoms with E-state index in [2.05, 4.69) is 63.5 Å². The van der Waals surface area contributed by atoms with Gasteiger partial charge < -0.3 is 0 Å². The molecule has 0 N–H and O–H groups in total. The molecule has 0 amide bonds. The van der Waals surface area contributed by atoms with Crippen molar-refractivity contribution in [1.82, 2.24) is 0 Å². The highest BCUT2D eigenvalue weighted by molar-refractivity contribution is 8.39. The van der Waals surface area contributed by atoms with Crippen LogP contribution in [0.3, 0.4) is 0 Å². The molecule has 92 valence electrons. The van der Waals surface area contributed by atoms with E-state index in [1.165, 1.54) is 11.5 Å². The van der Waals surface area contributed by atoms with Crippen LogP contribution in [0, 0.1) is 0 Å². The second-order valence-electron chi connectivity index (χ2n) is 5.31. The lowest BCUT2D eigenvalue weighted by molar-refractivity contribution is 0.800. The molecule has 0 aliphatic heterocycles. The lowest BCUT2D eigenvalue weighted by Gasteiger charge is -2.51. The van der Waals surface area contributed by atoms with Crippen molar-refractivity contribution in [3.63, 3.8) is 0 Å². The molecule has 0 aromatic heterocycles. The van der Waals surface area contributed by atoms with Gasteiger partial charge >= 0.3 is 0 Å². The molecular weight excluding hydrogens is 220 g/mol. The first-order valence-electron chi connectivity index (χ1n) is 5.35. The molecule has 0 heterocycles. The molecule has 0 bridgehead atoms. The van der Waals surface area contributed by atoms with Crippen molar-refractivity contribution in [2.75, 3.05) is 30.3 Å². The first kappa shape index (κ1) is 15.2. The highest BCUT2D eigenvalue weighted by Crippen LogP contribution is 2.61. The lowest BCUT2D eigenvalue weighted by Crippen LogP contribution is -2.34. The standard InChI is InChI=1S/C13H28S2/c1-9-14(6,7)12-13(4,5)15(8,10-2)11-3/h9-10H,1-2,11-12H2,3-8H3. The van der Waals surface area contributed by atoms with Gasteiger partial charge in [0, 0.05) is 4.75 Å². The Morgan fingerprint density at radius 1 is 1.07 bits per heavy atom. The lowest BCUT2D eigenvalue weighted by atomic mass is 10.2. The molecule has 1 unspecified atom stereocenters. The van der Waals surface area contributed by atoms with E-state index in [0.717, 1.165) is 0 Å². The van der Waals surface area contributed by atoms with Crippen molar-refractivity contribution in [2.45, 2.75) is 25.5 Å². The van der Waals surface area contributed by atoms with Gasteiger partial charge in [-0.05, 0) is 30.3 Å². The maximum Gasteiger partial charge on any atom is 0.00549 e. The van der Waals surface area contributed by atoms with E-state index in [1.807, 2.05) is 0 Å².